The van der Waals surface area contributed by atoms with Crippen molar-refractivity contribution in [2.45, 2.75) is 38.0 Å². The molecule has 2 aliphatic rings. The molecule has 3 heterocycles. The number of carbonyl (C=O) groups is 1. The second kappa shape index (κ2) is 7.91. The van der Waals surface area contributed by atoms with E-state index in [1.807, 2.05) is 6.92 Å². The topological polar surface area (TPSA) is 78.4 Å². The number of nitrogens with zero attached hydrogens (tertiary/aromatic N) is 2. The molecule has 1 aromatic heterocycles. The number of aromatic nitrogens is 2. The van der Waals surface area contributed by atoms with E-state index in [4.69, 9.17) is 4.74 Å². The molecule has 6 nitrogen and oxygen atoms in total. The van der Waals surface area contributed by atoms with E-state index in [0.717, 1.165) is 17.7 Å². The molecule has 2 aromatic carbocycles. The second-order valence-corrected chi connectivity index (χ2v) is 8.46. The molecule has 0 saturated carbocycles. The fourth-order valence-electron chi connectivity index (χ4n) is 4.74. The van der Waals surface area contributed by atoms with Crippen molar-refractivity contribution in [2.75, 3.05) is 13.2 Å². The highest BCUT2D eigenvalue weighted by atomic mass is 19.4. The Balaban J connectivity index is 1.66. The Labute approximate surface area is 188 Å². The number of phenolic OH excluding ortho intramolecular Hbond substituents is 1. The number of halogens is 3. The highest BCUT2D eigenvalue weighted by Crippen LogP contribution is 2.46. The molecular formula is C24H22F3N3O3. The fraction of sp³-hybridized carbons (Fsp3) is 0.333. The zero-order chi connectivity index (χ0) is 23.3. The number of H-pyrrole nitrogens is 1. The number of amides is 1. The van der Waals surface area contributed by atoms with Gasteiger partial charge in [-0.2, -0.15) is 18.3 Å². The summed E-state index contributed by atoms with van der Waals surface area (Å²) < 4.78 is 44.9. The third-order valence-electron chi connectivity index (χ3n) is 6.35. The maximum absolute atomic E-state index is 13.5. The Morgan fingerprint density at radius 3 is 2.48 bits per heavy atom. The van der Waals surface area contributed by atoms with Crippen molar-refractivity contribution in [3.05, 3.63) is 70.4 Å². The van der Waals surface area contributed by atoms with Crippen molar-refractivity contribution in [1.29, 1.82) is 0 Å². The summed E-state index contributed by atoms with van der Waals surface area (Å²) in [6.07, 6.45) is -3.20. The summed E-state index contributed by atoms with van der Waals surface area (Å²) >= 11 is 0. The van der Waals surface area contributed by atoms with Crippen molar-refractivity contribution in [2.24, 2.45) is 0 Å². The Morgan fingerprint density at radius 2 is 1.82 bits per heavy atom. The molecule has 1 atom stereocenters. The normalized spacial score (nSPS) is 19.2. The summed E-state index contributed by atoms with van der Waals surface area (Å²) in [5, 5.41) is 17.7. The number of benzene rings is 2. The van der Waals surface area contributed by atoms with Gasteiger partial charge in [-0.3, -0.25) is 9.89 Å². The number of aromatic amines is 1. The number of fused-ring (bicyclic) bond motifs is 1. The van der Waals surface area contributed by atoms with Gasteiger partial charge in [0.15, 0.2) is 5.69 Å². The largest absolute Gasteiger partial charge is 0.507 e. The van der Waals surface area contributed by atoms with Crippen molar-refractivity contribution >= 4 is 5.91 Å². The number of rotatable bonds is 3. The molecule has 172 valence electrons. The summed E-state index contributed by atoms with van der Waals surface area (Å²) in [6, 6.07) is 9.24. The molecule has 0 aliphatic carbocycles. The van der Waals surface area contributed by atoms with Gasteiger partial charge >= 0.3 is 6.18 Å². The first-order chi connectivity index (χ1) is 15.8. The van der Waals surface area contributed by atoms with Crippen LogP contribution in [0.2, 0.25) is 0 Å². The summed E-state index contributed by atoms with van der Waals surface area (Å²) in [7, 11) is 0. The molecule has 2 aliphatic heterocycles. The Kier molecular flexibility index (Phi) is 5.16. The molecule has 1 saturated heterocycles. The van der Waals surface area contributed by atoms with E-state index < -0.39 is 17.8 Å². The lowest BCUT2D eigenvalue weighted by atomic mass is 9.93. The lowest BCUT2D eigenvalue weighted by molar-refractivity contribution is -0.137. The van der Waals surface area contributed by atoms with Gasteiger partial charge in [-0.15, -0.1) is 0 Å². The third-order valence-corrected chi connectivity index (χ3v) is 6.35. The Morgan fingerprint density at radius 1 is 1.12 bits per heavy atom. The number of hydrogen-bond acceptors (Lipinski definition) is 4. The average molecular weight is 457 g/mol. The Bertz CT molecular complexity index is 1200. The summed E-state index contributed by atoms with van der Waals surface area (Å²) in [5.74, 6) is -0.258. The molecule has 9 heteroatoms. The van der Waals surface area contributed by atoms with Crippen LogP contribution in [0.25, 0.3) is 11.3 Å². The predicted molar refractivity (Wildman–Crippen MR) is 114 cm³/mol. The SMILES string of the molecule is Cc1ccc(O)c(-c2[nH]nc3c2[C@H](c2ccc(C(F)(F)F)cc2)N(C2CCOCC2)C3=O)c1. The van der Waals surface area contributed by atoms with Crippen LogP contribution in [0, 0.1) is 6.92 Å². The van der Waals surface area contributed by atoms with Crippen LogP contribution in [0.5, 0.6) is 5.75 Å². The lowest BCUT2D eigenvalue weighted by Gasteiger charge is -2.36. The van der Waals surface area contributed by atoms with E-state index in [2.05, 4.69) is 10.2 Å². The molecule has 1 fully saturated rings. The highest BCUT2D eigenvalue weighted by molar-refractivity contribution is 6.00. The standard InChI is InChI=1S/C24H22F3N3O3/c1-13-2-7-18(31)17(12-13)20-19-21(29-28-20)23(32)30(16-8-10-33-11-9-16)22(19)14-3-5-15(6-4-14)24(25,26)27/h2-7,12,16,22,31H,8-11H2,1H3,(H,28,29)/t22-/m0/s1. The van der Waals surface area contributed by atoms with Crippen LogP contribution in [0.4, 0.5) is 13.2 Å². The lowest BCUT2D eigenvalue weighted by Crippen LogP contribution is -2.42. The van der Waals surface area contributed by atoms with Crippen LogP contribution < -0.4 is 0 Å². The van der Waals surface area contributed by atoms with Crippen molar-refractivity contribution in [1.82, 2.24) is 15.1 Å². The van der Waals surface area contributed by atoms with E-state index in [9.17, 15) is 23.1 Å². The number of aryl methyl sites for hydroxylation is 1. The number of alkyl halides is 3. The smallest absolute Gasteiger partial charge is 0.416 e. The van der Waals surface area contributed by atoms with Gasteiger partial charge in [0.1, 0.15) is 5.75 Å². The first kappa shape index (κ1) is 21.5. The van der Waals surface area contributed by atoms with Gasteiger partial charge in [0.05, 0.1) is 17.3 Å². The van der Waals surface area contributed by atoms with Crippen LogP contribution in [0.1, 0.15) is 51.6 Å². The third kappa shape index (κ3) is 3.66. The van der Waals surface area contributed by atoms with E-state index in [1.54, 1.807) is 23.1 Å². The van der Waals surface area contributed by atoms with Crippen LogP contribution in [0.3, 0.4) is 0 Å². The molecule has 0 bridgehead atoms. The minimum atomic E-state index is -4.45. The molecule has 3 aromatic rings. The van der Waals surface area contributed by atoms with Crippen LogP contribution in [0.15, 0.2) is 42.5 Å². The molecule has 0 unspecified atom stereocenters. The monoisotopic (exact) mass is 457 g/mol. The van der Waals surface area contributed by atoms with Crippen LogP contribution >= 0.6 is 0 Å². The van der Waals surface area contributed by atoms with Gasteiger partial charge in [-0.1, -0.05) is 23.8 Å². The van der Waals surface area contributed by atoms with E-state index in [1.165, 1.54) is 12.1 Å². The van der Waals surface area contributed by atoms with Crippen molar-refractivity contribution in [3.63, 3.8) is 0 Å². The average Bonchev–Trinajstić information content (AvgIpc) is 3.34. The molecule has 33 heavy (non-hydrogen) atoms. The maximum Gasteiger partial charge on any atom is 0.416 e. The molecule has 0 spiro atoms. The Hall–Kier alpha value is -3.33. The minimum absolute atomic E-state index is 0.0233. The van der Waals surface area contributed by atoms with E-state index in [-0.39, 0.29) is 23.4 Å². The number of phenols is 1. The number of hydrogen-bond donors (Lipinski definition) is 2. The summed E-state index contributed by atoms with van der Waals surface area (Å²) in [4.78, 5) is 15.2. The van der Waals surface area contributed by atoms with Gasteiger partial charge in [0.2, 0.25) is 0 Å². The first-order valence-electron chi connectivity index (χ1n) is 10.7. The van der Waals surface area contributed by atoms with E-state index in [0.29, 0.717) is 48.4 Å². The zero-order valence-corrected chi connectivity index (χ0v) is 17.8. The molecular weight excluding hydrogens is 435 g/mol. The fourth-order valence-corrected chi connectivity index (χ4v) is 4.74. The summed E-state index contributed by atoms with van der Waals surface area (Å²) in [5.41, 5.74) is 2.46. The zero-order valence-electron chi connectivity index (χ0n) is 17.8. The predicted octanol–water partition coefficient (Wildman–Crippen LogP) is 4.83. The van der Waals surface area contributed by atoms with Crippen molar-refractivity contribution < 1.29 is 27.8 Å². The van der Waals surface area contributed by atoms with Gasteiger partial charge in [-0.05, 0) is 49.6 Å². The van der Waals surface area contributed by atoms with Gasteiger partial charge in [-0.25, -0.2) is 0 Å². The summed E-state index contributed by atoms with van der Waals surface area (Å²) in [6.45, 7) is 2.89. The van der Waals surface area contributed by atoms with E-state index >= 15 is 0 Å². The first-order valence-corrected chi connectivity index (χ1v) is 10.7. The number of ether oxygens (including phenoxy) is 1. The quantitative estimate of drug-likeness (QED) is 0.590. The van der Waals surface area contributed by atoms with Gasteiger partial charge in [0, 0.05) is 30.4 Å². The number of aromatic hydroxyl groups is 1. The number of carbonyl (C=O) groups excluding carboxylic acids is 1. The van der Waals surface area contributed by atoms with Crippen LogP contribution in [-0.4, -0.2) is 45.4 Å². The van der Waals surface area contributed by atoms with Gasteiger partial charge < -0.3 is 14.7 Å². The maximum atomic E-state index is 13.5. The highest BCUT2D eigenvalue weighted by Gasteiger charge is 2.46. The second-order valence-electron chi connectivity index (χ2n) is 8.46. The van der Waals surface area contributed by atoms with Gasteiger partial charge in [0.25, 0.3) is 5.91 Å². The van der Waals surface area contributed by atoms with Crippen LogP contribution in [-0.2, 0) is 10.9 Å². The van der Waals surface area contributed by atoms with Crippen molar-refractivity contribution in [3.8, 4) is 17.0 Å². The molecule has 0 radical (unpaired) electrons. The molecule has 5 rings (SSSR count). The molecule has 2 N–H and O–H groups in total. The minimum Gasteiger partial charge on any atom is -0.507 e. The number of nitrogens with one attached hydrogen (secondary N) is 1. The molecule has 1 amide bonds.